The molecule has 2 N–H and O–H groups in total. The molecule has 1 aromatic heterocycles. The molecule has 0 bridgehead atoms. The van der Waals surface area contributed by atoms with Crippen LogP contribution in [-0.4, -0.2) is 20.3 Å². The predicted molar refractivity (Wildman–Crippen MR) is 84.6 cm³/mol. The Labute approximate surface area is 125 Å². The maximum atomic E-state index is 12.4. The number of amides is 1. The highest BCUT2D eigenvalue weighted by atomic mass is 32.2. The Hall–Kier alpha value is -2.05. The van der Waals surface area contributed by atoms with Crippen LogP contribution in [0.2, 0.25) is 0 Å². The van der Waals surface area contributed by atoms with E-state index in [1.807, 2.05) is 12.1 Å². The number of H-pyrrole nitrogens is 1. The first-order valence-electron chi connectivity index (χ1n) is 5.85. The van der Waals surface area contributed by atoms with E-state index in [9.17, 15) is 9.90 Å². The van der Waals surface area contributed by atoms with E-state index in [2.05, 4.69) is 4.98 Å². The Bertz CT molecular complexity index is 690. The zero-order valence-corrected chi connectivity index (χ0v) is 11.9. The van der Waals surface area contributed by atoms with Gasteiger partial charge in [0.1, 0.15) is 5.75 Å². The molecule has 6 heteroatoms. The van der Waals surface area contributed by atoms with Crippen LogP contribution in [0, 0.1) is 0 Å². The molecule has 0 aliphatic carbocycles. The lowest BCUT2D eigenvalue weighted by Crippen LogP contribution is -2.27. The molecule has 100 valence electrons. The molecular weight excluding hydrogens is 292 g/mol. The van der Waals surface area contributed by atoms with Gasteiger partial charge in [0, 0.05) is 11.9 Å². The standard InChI is InChI=1S/C14H10N2O2S2/c17-11-5-3-10(4-6-11)16-13(18)12(20-14(16)19)8-9-2-1-7-15-9/h1-8,15,17H/b12-8+. The molecular formula is C14H10N2O2S2. The van der Waals surface area contributed by atoms with Crippen LogP contribution in [-0.2, 0) is 4.79 Å². The lowest BCUT2D eigenvalue weighted by atomic mass is 10.2. The average Bonchev–Trinajstić information content (AvgIpc) is 3.02. The van der Waals surface area contributed by atoms with E-state index >= 15 is 0 Å². The summed E-state index contributed by atoms with van der Waals surface area (Å²) in [5.74, 6) is 0.00130. The third kappa shape index (κ3) is 2.35. The molecule has 1 aromatic carbocycles. The van der Waals surface area contributed by atoms with Crippen molar-refractivity contribution in [3.8, 4) is 5.75 Å². The van der Waals surface area contributed by atoms with Crippen LogP contribution in [0.15, 0.2) is 47.5 Å². The van der Waals surface area contributed by atoms with Gasteiger partial charge < -0.3 is 10.1 Å². The molecule has 0 radical (unpaired) electrons. The smallest absolute Gasteiger partial charge is 0.270 e. The van der Waals surface area contributed by atoms with Gasteiger partial charge in [0.2, 0.25) is 0 Å². The Morgan fingerprint density at radius 1 is 1.25 bits per heavy atom. The maximum Gasteiger partial charge on any atom is 0.270 e. The van der Waals surface area contributed by atoms with Crippen LogP contribution >= 0.6 is 24.0 Å². The second-order valence-electron chi connectivity index (χ2n) is 4.16. The van der Waals surface area contributed by atoms with Gasteiger partial charge >= 0.3 is 0 Å². The van der Waals surface area contributed by atoms with Gasteiger partial charge in [-0.2, -0.15) is 0 Å². The molecule has 1 saturated heterocycles. The molecule has 4 nitrogen and oxygen atoms in total. The number of nitrogens with one attached hydrogen (secondary N) is 1. The van der Waals surface area contributed by atoms with Crippen molar-refractivity contribution >= 4 is 46.0 Å². The Morgan fingerprint density at radius 3 is 2.65 bits per heavy atom. The van der Waals surface area contributed by atoms with E-state index in [0.717, 1.165) is 5.69 Å². The fraction of sp³-hybridized carbons (Fsp3) is 0. The van der Waals surface area contributed by atoms with E-state index in [0.29, 0.717) is 14.9 Å². The zero-order valence-electron chi connectivity index (χ0n) is 10.2. The topological polar surface area (TPSA) is 56.3 Å². The molecule has 0 unspecified atom stereocenters. The van der Waals surface area contributed by atoms with E-state index in [1.54, 1.807) is 24.4 Å². The van der Waals surface area contributed by atoms with Crippen molar-refractivity contribution in [2.75, 3.05) is 4.90 Å². The number of aromatic amines is 1. The Balaban J connectivity index is 1.93. The molecule has 1 aliphatic rings. The highest BCUT2D eigenvalue weighted by Gasteiger charge is 2.33. The number of thiocarbonyl (C=S) groups is 1. The quantitative estimate of drug-likeness (QED) is 0.661. The van der Waals surface area contributed by atoms with E-state index in [-0.39, 0.29) is 11.7 Å². The monoisotopic (exact) mass is 302 g/mol. The summed E-state index contributed by atoms with van der Waals surface area (Å²) >= 11 is 6.53. The van der Waals surface area contributed by atoms with Crippen LogP contribution in [0.4, 0.5) is 5.69 Å². The number of carbonyl (C=O) groups excluding carboxylic acids is 1. The number of nitrogens with zero attached hydrogens (tertiary/aromatic N) is 1. The molecule has 2 heterocycles. The van der Waals surface area contributed by atoms with Crippen molar-refractivity contribution in [3.05, 3.63) is 53.2 Å². The summed E-state index contributed by atoms with van der Waals surface area (Å²) in [7, 11) is 0. The van der Waals surface area contributed by atoms with Gasteiger partial charge in [0.25, 0.3) is 5.91 Å². The summed E-state index contributed by atoms with van der Waals surface area (Å²) in [6.45, 7) is 0. The van der Waals surface area contributed by atoms with Gasteiger partial charge in [-0.1, -0.05) is 24.0 Å². The number of aromatic nitrogens is 1. The van der Waals surface area contributed by atoms with Crippen molar-refractivity contribution in [2.45, 2.75) is 0 Å². The summed E-state index contributed by atoms with van der Waals surface area (Å²) in [6, 6.07) is 10.1. The SMILES string of the molecule is O=C1/C(=C\c2ccc[nH]2)SC(=S)N1c1ccc(O)cc1. The molecule has 1 amide bonds. The maximum absolute atomic E-state index is 12.4. The van der Waals surface area contributed by atoms with Crippen LogP contribution in [0.5, 0.6) is 5.75 Å². The molecule has 2 aromatic rings. The molecule has 0 atom stereocenters. The fourth-order valence-corrected chi connectivity index (χ4v) is 3.16. The number of aromatic hydroxyl groups is 1. The third-order valence-electron chi connectivity index (χ3n) is 2.81. The first-order valence-corrected chi connectivity index (χ1v) is 7.08. The number of benzene rings is 1. The molecule has 20 heavy (non-hydrogen) atoms. The second-order valence-corrected chi connectivity index (χ2v) is 5.83. The van der Waals surface area contributed by atoms with Gasteiger partial charge in [-0.25, -0.2) is 0 Å². The largest absolute Gasteiger partial charge is 0.508 e. The molecule has 1 fully saturated rings. The van der Waals surface area contributed by atoms with Crippen LogP contribution in [0.25, 0.3) is 6.08 Å². The minimum absolute atomic E-state index is 0.153. The molecule has 0 saturated carbocycles. The number of anilines is 1. The van der Waals surface area contributed by atoms with Gasteiger partial charge in [0.15, 0.2) is 4.32 Å². The fourth-order valence-electron chi connectivity index (χ4n) is 1.87. The van der Waals surface area contributed by atoms with Crippen molar-refractivity contribution < 1.29 is 9.90 Å². The number of thioether (sulfide) groups is 1. The van der Waals surface area contributed by atoms with Crippen molar-refractivity contribution in [3.63, 3.8) is 0 Å². The minimum atomic E-state index is -0.153. The summed E-state index contributed by atoms with van der Waals surface area (Å²) in [5, 5.41) is 9.30. The predicted octanol–water partition coefficient (Wildman–Crippen LogP) is 3.13. The van der Waals surface area contributed by atoms with Gasteiger partial charge in [-0.3, -0.25) is 9.69 Å². The lowest BCUT2D eigenvalue weighted by Gasteiger charge is -2.14. The third-order valence-corrected chi connectivity index (χ3v) is 4.11. The first kappa shape index (κ1) is 13.0. The van der Waals surface area contributed by atoms with Crippen LogP contribution in [0.3, 0.4) is 0 Å². The molecule has 3 rings (SSSR count). The van der Waals surface area contributed by atoms with Crippen LogP contribution < -0.4 is 4.90 Å². The zero-order chi connectivity index (χ0) is 14.1. The molecule has 1 aliphatic heterocycles. The molecule has 0 spiro atoms. The normalized spacial score (nSPS) is 17.2. The Kier molecular flexibility index (Phi) is 3.33. The number of carbonyl (C=O) groups is 1. The van der Waals surface area contributed by atoms with Crippen LogP contribution in [0.1, 0.15) is 5.69 Å². The second kappa shape index (κ2) is 5.15. The number of hydrogen-bond acceptors (Lipinski definition) is 4. The number of phenolic OH excluding ortho intramolecular Hbond substituents is 1. The first-order chi connectivity index (χ1) is 9.65. The number of hydrogen-bond donors (Lipinski definition) is 2. The van der Waals surface area contributed by atoms with Gasteiger partial charge in [-0.15, -0.1) is 0 Å². The summed E-state index contributed by atoms with van der Waals surface area (Å²) in [5.41, 5.74) is 1.51. The van der Waals surface area contributed by atoms with Gasteiger partial charge in [0.05, 0.1) is 10.6 Å². The van der Waals surface area contributed by atoms with Crippen molar-refractivity contribution in [1.29, 1.82) is 0 Å². The van der Waals surface area contributed by atoms with Gasteiger partial charge in [-0.05, 0) is 42.5 Å². The summed E-state index contributed by atoms with van der Waals surface area (Å²) in [4.78, 5) is 17.5. The van der Waals surface area contributed by atoms with E-state index < -0.39 is 0 Å². The number of phenols is 1. The Morgan fingerprint density at radius 2 is 2.00 bits per heavy atom. The average molecular weight is 302 g/mol. The van der Waals surface area contributed by atoms with Crippen molar-refractivity contribution in [2.24, 2.45) is 0 Å². The highest BCUT2D eigenvalue weighted by Crippen LogP contribution is 2.36. The highest BCUT2D eigenvalue weighted by molar-refractivity contribution is 8.27. The summed E-state index contributed by atoms with van der Waals surface area (Å²) < 4.78 is 0.485. The summed E-state index contributed by atoms with van der Waals surface area (Å²) in [6.07, 6.45) is 3.58. The van der Waals surface area contributed by atoms with E-state index in [4.69, 9.17) is 12.2 Å². The van der Waals surface area contributed by atoms with Crippen molar-refractivity contribution in [1.82, 2.24) is 4.98 Å². The minimum Gasteiger partial charge on any atom is -0.508 e. The number of rotatable bonds is 2. The lowest BCUT2D eigenvalue weighted by molar-refractivity contribution is -0.113. The van der Waals surface area contributed by atoms with E-state index in [1.165, 1.54) is 28.8 Å².